The van der Waals surface area contributed by atoms with E-state index in [0.717, 1.165) is 44.0 Å². The molecule has 11 unspecified atom stereocenters. The summed E-state index contributed by atoms with van der Waals surface area (Å²) in [6.45, 7) is 16.4. The molecule has 0 aromatic rings. The van der Waals surface area contributed by atoms with E-state index in [2.05, 4.69) is 48.5 Å². The molecule has 0 amide bonds. The van der Waals surface area contributed by atoms with Gasteiger partial charge in [0.15, 0.2) is 5.78 Å². The second kappa shape index (κ2) is 10.9. The third-order valence-electron chi connectivity index (χ3n) is 15.6. The number of fused-ring (bicyclic) bond motifs is 7. The quantitative estimate of drug-likeness (QED) is 0.157. The average Bonchev–Trinajstić information content (AvgIpc) is 3.25. The number of aldehydes is 1. The Bertz CT molecular complexity index is 1270. The molecule has 0 aromatic carbocycles. The van der Waals surface area contributed by atoms with Crippen LogP contribution in [0.25, 0.3) is 0 Å². The molecule has 6 aliphatic carbocycles. The molecule has 0 heterocycles. The van der Waals surface area contributed by atoms with Gasteiger partial charge in [-0.25, -0.2) is 0 Å². The van der Waals surface area contributed by atoms with E-state index in [-0.39, 0.29) is 62.6 Å². The number of carbonyl (C=O) groups excluding carboxylic acids is 3. The van der Waals surface area contributed by atoms with Crippen molar-refractivity contribution < 1.29 is 19.3 Å². The van der Waals surface area contributed by atoms with Crippen molar-refractivity contribution in [2.24, 2.45) is 74.9 Å². The summed E-state index contributed by atoms with van der Waals surface area (Å²) in [5, 5.41) is 11.5. The molecule has 5 saturated carbocycles. The number of hydrogen-bond donors (Lipinski definition) is 0. The van der Waals surface area contributed by atoms with Crippen LogP contribution in [0.4, 0.5) is 0 Å². The molecule has 0 aliphatic heterocycles. The Morgan fingerprint density at radius 1 is 1.00 bits per heavy atom. The zero-order valence-electron chi connectivity index (χ0n) is 28.5. The van der Waals surface area contributed by atoms with Gasteiger partial charge < -0.3 is 4.79 Å². The highest BCUT2D eigenvalue weighted by molar-refractivity contribution is 6.00. The highest BCUT2D eigenvalue weighted by Crippen LogP contribution is 2.73. The van der Waals surface area contributed by atoms with Gasteiger partial charge in [-0.2, -0.15) is 0 Å². The fourth-order valence-electron chi connectivity index (χ4n) is 13.3. The fourth-order valence-corrected chi connectivity index (χ4v) is 13.3. The summed E-state index contributed by atoms with van der Waals surface area (Å²) < 4.78 is 0. The van der Waals surface area contributed by atoms with Crippen LogP contribution in [-0.4, -0.2) is 29.3 Å². The lowest BCUT2D eigenvalue weighted by molar-refractivity contribution is -0.482. The third kappa shape index (κ3) is 4.56. The lowest BCUT2D eigenvalue weighted by Crippen LogP contribution is -2.62. The van der Waals surface area contributed by atoms with E-state index in [1.54, 1.807) is 0 Å². The third-order valence-corrected chi connectivity index (χ3v) is 15.6. The normalized spacial score (nSPS) is 46.0. The SMILES string of the molecule is CC(C)C1=C2C3CCC4C(C)(CCC5C(C)(C)C(CC(=O)C6CC(C=O)C6C)CCC54C)C3CCC2(CC[N+](=O)[O-])CC1=O. The van der Waals surface area contributed by atoms with Crippen molar-refractivity contribution in [2.75, 3.05) is 6.54 Å². The molecule has 6 rings (SSSR count). The number of hydrogen-bond acceptors (Lipinski definition) is 5. The fraction of sp³-hybridized carbons (Fsp3) is 0.868. The minimum absolute atomic E-state index is 0.0464. The second-order valence-corrected chi connectivity index (χ2v) is 17.9. The Kier molecular flexibility index (Phi) is 7.93. The smallest absolute Gasteiger partial charge is 0.204 e. The Hall–Kier alpha value is -1.85. The van der Waals surface area contributed by atoms with Crippen LogP contribution >= 0.6 is 0 Å². The monoisotopic (exact) mass is 607 g/mol. The maximum Gasteiger partial charge on any atom is 0.204 e. The molecule has 11 atom stereocenters. The number of Topliss-reactive ketones (excluding diaryl/α,β-unsaturated/α-hetero) is 2. The molecular formula is C38H57NO5. The topological polar surface area (TPSA) is 94.3 Å². The number of nitro groups is 1. The van der Waals surface area contributed by atoms with Crippen LogP contribution in [-0.2, 0) is 14.4 Å². The molecular weight excluding hydrogens is 550 g/mol. The van der Waals surface area contributed by atoms with Crippen LogP contribution in [0.3, 0.4) is 0 Å². The number of nitrogens with zero attached hydrogens (tertiary/aromatic N) is 1. The molecule has 6 heteroatoms. The van der Waals surface area contributed by atoms with Crippen LogP contribution in [0.2, 0.25) is 0 Å². The van der Waals surface area contributed by atoms with E-state index >= 15 is 0 Å². The van der Waals surface area contributed by atoms with Crippen LogP contribution in [0.15, 0.2) is 11.1 Å². The Morgan fingerprint density at radius 2 is 1.70 bits per heavy atom. The molecule has 6 nitrogen and oxygen atoms in total. The van der Waals surface area contributed by atoms with Crippen LogP contribution in [0, 0.1) is 85.0 Å². The summed E-state index contributed by atoms with van der Waals surface area (Å²) in [7, 11) is 0. The number of ketones is 2. The Labute approximate surface area is 265 Å². The van der Waals surface area contributed by atoms with Gasteiger partial charge in [0.05, 0.1) is 0 Å². The highest BCUT2D eigenvalue weighted by Gasteiger charge is 2.66. The molecule has 0 aromatic heterocycles. The van der Waals surface area contributed by atoms with E-state index in [0.29, 0.717) is 54.6 Å². The molecule has 0 saturated heterocycles. The van der Waals surface area contributed by atoms with Gasteiger partial charge in [0, 0.05) is 41.4 Å². The minimum atomic E-state index is -0.300. The minimum Gasteiger partial charge on any atom is -0.303 e. The first-order valence-electron chi connectivity index (χ1n) is 18.0. The standard InChI is InChI=1S/C38H57NO5/c1-22(2)33-30(42)20-38(16-17-39(43)44)15-11-28-26(34(33)38)8-9-32-36(28,6)14-12-31-35(4,5)25(10-13-37(31,32)7)19-29(41)27-18-24(21-40)23(27)3/h21-28,31-32H,8-20H2,1-7H3. The first kappa shape index (κ1) is 32.1. The molecule has 0 spiro atoms. The van der Waals surface area contributed by atoms with E-state index in [4.69, 9.17) is 0 Å². The summed E-state index contributed by atoms with van der Waals surface area (Å²) in [6, 6.07) is 0. The van der Waals surface area contributed by atoms with Crippen LogP contribution in [0.1, 0.15) is 126 Å². The summed E-state index contributed by atoms with van der Waals surface area (Å²) in [6.07, 6.45) is 12.4. The van der Waals surface area contributed by atoms with E-state index < -0.39 is 0 Å². The summed E-state index contributed by atoms with van der Waals surface area (Å²) >= 11 is 0. The first-order valence-corrected chi connectivity index (χ1v) is 18.0. The molecule has 0 N–H and O–H groups in total. The van der Waals surface area contributed by atoms with E-state index in [9.17, 15) is 24.5 Å². The Morgan fingerprint density at radius 3 is 2.34 bits per heavy atom. The lowest BCUT2D eigenvalue weighted by Gasteiger charge is -2.69. The largest absolute Gasteiger partial charge is 0.303 e. The maximum absolute atomic E-state index is 13.5. The average molecular weight is 608 g/mol. The molecule has 44 heavy (non-hydrogen) atoms. The summed E-state index contributed by atoms with van der Waals surface area (Å²) in [5.41, 5.74) is 2.60. The number of rotatable bonds is 8. The molecule has 0 radical (unpaired) electrons. The van der Waals surface area contributed by atoms with Crippen molar-refractivity contribution in [1.29, 1.82) is 0 Å². The predicted molar refractivity (Wildman–Crippen MR) is 171 cm³/mol. The van der Waals surface area contributed by atoms with Crippen molar-refractivity contribution >= 4 is 17.9 Å². The van der Waals surface area contributed by atoms with Gasteiger partial charge in [-0.1, -0.05) is 54.0 Å². The molecule has 244 valence electrons. The zero-order valence-corrected chi connectivity index (χ0v) is 28.5. The van der Waals surface area contributed by atoms with Gasteiger partial charge in [0.1, 0.15) is 12.1 Å². The van der Waals surface area contributed by atoms with Crippen molar-refractivity contribution in [1.82, 2.24) is 0 Å². The second-order valence-electron chi connectivity index (χ2n) is 17.9. The van der Waals surface area contributed by atoms with Gasteiger partial charge in [-0.3, -0.25) is 19.7 Å². The van der Waals surface area contributed by atoms with Crippen molar-refractivity contribution in [3.63, 3.8) is 0 Å². The highest BCUT2D eigenvalue weighted by atomic mass is 16.6. The van der Waals surface area contributed by atoms with Gasteiger partial charge >= 0.3 is 0 Å². The molecule has 5 fully saturated rings. The first-order chi connectivity index (χ1) is 20.6. The van der Waals surface area contributed by atoms with E-state index in [1.165, 1.54) is 31.3 Å². The van der Waals surface area contributed by atoms with Crippen LogP contribution < -0.4 is 0 Å². The van der Waals surface area contributed by atoms with Crippen molar-refractivity contribution in [2.45, 2.75) is 126 Å². The lowest BCUT2D eigenvalue weighted by atomic mass is 9.35. The number of allylic oxidation sites excluding steroid dienone is 2. The Balaban J connectivity index is 1.25. The maximum atomic E-state index is 13.5. The van der Waals surface area contributed by atoms with E-state index in [1.807, 2.05) is 0 Å². The zero-order chi connectivity index (χ0) is 32.0. The van der Waals surface area contributed by atoms with Gasteiger partial charge in [-0.05, 0) is 121 Å². The summed E-state index contributed by atoms with van der Waals surface area (Å²) in [5.74, 6) is 3.65. The summed E-state index contributed by atoms with van der Waals surface area (Å²) in [4.78, 5) is 49.6. The molecule has 0 bridgehead atoms. The van der Waals surface area contributed by atoms with Crippen molar-refractivity contribution in [3.05, 3.63) is 21.3 Å². The van der Waals surface area contributed by atoms with Gasteiger partial charge in [0.2, 0.25) is 6.54 Å². The number of carbonyl (C=O) groups is 3. The van der Waals surface area contributed by atoms with Crippen molar-refractivity contribution in [3.8, 4) is 0 Å². The predicted octanol–water partition coefficient (Wildman–Crippen LogP) is 8.29. The van der Waals surface area contributed by atoms with Crippen LogP contribution in [0.5, 0.6) is 0 Å². The van der Waals surface area contributed by atoms with Gasteiger partial charge in [0.25, 0.3) is 0 Å². The molecule has 6 aliphatic rings. The van der Waals surface area contributed by atoms with Gasteiger partial charge in [-0.15, -0.1) is 0 Å².